The van der Waals surface area contributed by atoms with E-state index in [1.807, 2.05) is 43.5 Å². The molecule has 3 aromatic rings. The highest BCUT2D eigenvalue weighted by Gasteiger charge is 2.35. The molecule has 4 rings (SSSR count). The zero-order valence-corrected chi connectivity index (χ0v) is 20.3. The summed E-state index contributed by atoms with van der Waals surface area (Å²) in [5.74, 6) is -0.746. The van der Waals surface area contributed by atoms with E-state index >= 15 is 0 Å². The number of benzene rings is 2. The maximum atomic E-state index is 13.6. The number of carbonyl (C=O) groups excluding carboxylic acids is 1. The number of carbonyl (C=O) groups is 1. The molecule has 0 radical (unpaired) electrons. The molecule has 1 aliphatic rings. The van der Waals surface area contributed by atoms with Crippen LogP contribution < -0.4 is 0 Å². The summed E-state index contributed by atoms with van der Waals surface area (Å²) >= 11 is 1.69. The SMILES string of the molecule is CCCN(CC(=O)N1CCc2sccc2C1c1ccc(C)cc1)S(=O)(=O)c1ccc(F)cc1. The molecule has 0 spiro atoms. The van der Waals surface area contributed by atoms with E-state index in [2.05, 4.69) is 6.07 Å². The van der Waals surface area contributed by atoms with Crippen molar-refractivity contribution in [3.63, 3.8) is 0 Å². The second kappa shape index (κ2) is 9.75. The van der Waals surface area contributed by atoms with Crippen molar-refractivity contribution >= 4 is 27.3 Å². The summed E-state index contributed by atoms with van der Waals surface area (Å²) in [6.07, 6.45) is 1.31. The number of sulfonamides is 1. The van der Waals surface area contributed by atoms with Crippen LogP contribution in [0.2, 0.25) is 0 Å². The highest BCUT2D eigenvalue weighted by Crippen LogP contribution is 2.38. The zero-order valence-electron chi connectivity index (χ0n) is 18.7. The molecule has 1 aromatic heterocycles. The standard InChI is InChI=1S/C25H27FN2O3S2/c1-3-14-27(33(30,31)21-10-8-20(26)9-11-21)17-24(29)28-15-12-23-22(13-16-32-23)25(28)19-6-4-18(2)5-7-19/h4-11,13,16,25H,3,12,14-15,17H2,1-2H3. The van der Waals surface area contributed by atoms with Gasteiger partial charge in [0.15, 0.2) is 0 Å². The Hall–Kier alpha value is -2.55. The topological polar surface area (TPSA) is 57.7 Å². The van der Waals surface area contributed by atoms with Gasteiger partial charge in [-0.25, -0.2) is 12.8 Å². The lowest BCUT2D eigenvalue weighted by atomic mass is 9.92. The summed E-state index contributed by atoms with van der Waals surface area (Å²) in [6.45, 7) is 4.37. The van der Waals surface area contributed by atoms with E-state index < -0.39 is 15.8 Å². The number of rotatable bonds is 7. The number of hydrogen-bond donors (Lipinski definition) is 0. The van der Waals surface area contributed by atoms with Crippen molar-refractivity contribution < 1.29 is 17.6 Å². The normalized spacial score (nSPS) is 16.1. The van der Waals surface area contributed by atoms with Gasteiger partial charge in [0.1, 0.15) is 5.82 Å². The molecule has 1 amide bonds. The van der Waals surface area contributed by atoms with E-state index in [4.69, 9.17) is 0 Å². The molecule has 0 bridgehead atoms. The van der Waals surface area contributed by atoms with E-state index in [-0.39, 0.29) is 29.9 Å². The molecule has 0 aliphatic carbocycles. The van der Waals surface area contributed by atoms with E-state index in [0.29, 0.717) is 13.0 Å². The molecule has 174 valence electrons. The molecular weight excluding hydrogens is 459 g/mol. The number of aryl methyl sites for hydroxylation is 1. The van der Waals surface area contributed by atoms with Gasteiger partial charge in [-0.3, -0.25) is 4.79 Å². The first kappa shape index (κ1) is 23.6. The molecular formula is C25H27FN2O3S2. The van der Waals surface area contributed by atoms with Crippen LogP contribution in [0.1, 0.15) is 41.0 Å². The number of nitrogens with zero attached hydrogens (tertiary/aromatic N) is 2. The fraction of sp³-hybridized carbons (Fsp3) is 0.320. The number of halogens is 1. The molecule has 5 nitrogen and oxygen atoms in total. The Labute approximate surface area is 198 Å². The Balaban J connectivity index is 1.64. The van der Waals surface area contributed by atoms with Crippen molar-refractivity contribution in [2.75, 3.05) is 19.6 Å². The van der Waals surface area contributed by atoms with Gasteiger partial charge in [0.25, 0.3) is 0 Å². The summed E-state index contributed by atoms with van der Waals surface area (Å²) in [5.41, 5.74) is 3.25. The molecule has 1 aliphatic heterocycles. The predicted octanol–water partition coefficient (Wildman–Crippen LogP) is 4.77. The Kier molecular flexibility index (Phi) is 6.97. The van der Waals surface area contributed by atoms with E-state index in [1.165, 1.54) is 21.3 Å². The van der Waals surface area contributed by atoms with Gasteiger partial charge in [-0.05, 0) is 66.6 Å². The molecule has 2 aromatic carbocycles. The van der Waals surface area contributed by atoms with Crippen molar-refractivity contribution in [2.24, 2.45) is 0 Å². The molecule has 1 unspecified atom stereocenters. The first-order valence-electron chi connectivity index (χ1n) is 11.0. The molecule has 0 N–H and O–H groups in total. The summed E-state index contributed by atoms with van der Waals surface area (Å²) in [4.78, 5) is 16.6. The fourth-order valence-electron chi connectivity index (χ4n) is 4.22. The molecule has 1 atom stereocenters. The maximum Gasteiger partial charge on any atom is 0.243 e. The molecule has 2 heterocycles. The molecule has 0 saturated carbocycles. The van der Waals surface area contributed by atoms with Crippen LogP contribution in [0.5, 0.6) is 0 Å². The van der Waals surface area contributed by atoms with Gasteiger partial charge in [-0.2, -0.15) is 4.31 Å². The molecule has 0 fully saturated rings. The van der Waals surface area contributed by atoms with Gasteiger partial charge in [0.05, 0.1) is 17.5 Å². The molecule has 33 heavy (non-hydrogen) atoms. The summed E-state index contributed by atoms with van der Waals surface area (Å²) in [5, 5.41) is 2.04. The summed E-state index contributed by atoms with van der Waals surface area (Å²) in [6, 6.07) is 14.7. The third-order valence-corrected chi connectivity index (χ3v) is 8.77. The van der Waals surface area contributed by atoms with Gasteiger partial charge in [0, 0.05) is 18.0 Å². The van der Waals surface area contributed by atoms with Crippen LogP contribution in [0, 0.1) is 12.7 Å². The molecule has 8 heteroatoms. The monoisotopic (exact) mass is 486 g/mol. The predicted molar refractivity (Wildman–Crippen MR) is 128 cm³/mol. The van der Waals surface area contributed by atoms with Crippen LogP contribution in [0.4, 0.5) is 4.39 Å². The lowest BCUT2D eigenvalue weighted by Gasteiger charge is -2.37. The Morgan fingerprint density at radius 2 is 1.82 bits per heavy atom. The number of amides is 1. The third-order valence-electron chi connectivity index (χ3n) is 5.92. The number of hydrogen-bond acceptors (Lipinski definition) is 4. The number of fused-ring (bicyclic) bond motifs is 1. The second-order valence-electron chi connectivity index (χ2n) is 8.24. The van der Waals surface area contributed by atoms with Crippen LogP contribution >= 0.6 is 11.3 Å². The smallest absolute Gasteiger partial charge is 0.243 e. The van der Waals surface area contributed by atoms with Crippen LogP contribution in [-0.2, 0) is 21.2 Å². The first-order chi connectivity index (χ1) is 15.8. The maximum absolute atomic E-state index is 13.6. The van der Waals surface area contributed by atoms with Gasteiger partial charge in [0.2, 0.25) is 15.9 Å². The van der Waals surface area contributed by atoms with Crippen molar-refractivity contribution in [3.05, 3.63) is 87.4 Å². The van der Waals surface area contributed by atoms with Crippen LogP contribution in [0.25, 0.3) is 0 Å². The van der Waals surface area contributed by atoms with E-state index in [1.54, 1.807) is 16.2 Å². The van der Waals surface area contributed by atoms with Crippen molar-refractivity contribution in [1.82, 2.24) is 9.21 Å². The van der Waals surface area contributed by atoms with E-state index in [9.17, 15) is 17.6 Å². The highest BCUT2D eigenvalue weighted by atomic mass is 32.2. The average Bonchev–Trinajstić information content (AvgIpc) is 3.28. The highest BCUT2D eigenvalue weighted by molar-refractivity contribution is 7.89. The van der Waals surface area contributed by atoms with Crippen molar-refractivity contribution in [1.29, 1.82) is 0 Å². The zero-order chi connectivity index (χ0) is 23.6. The lowest BCUT2D eigenvalue weighted by Crippen LogP contribution is -2.46. The first-order valence-corrected chi connectivity index (χ1v) is 13.3. The van der Waals surface area contributed by atoms with Gasteiger partial charge < -0.3 is 4.90 Å². The van der Waals surface area contributed by atoms with Crippen LogP contribution in [-0.4, -0.2) is 43.2 Å². The van der Waals surface area contributed by atoms with Gasteiger partial charge in [-0.1, -0.05) is 36.8 Å². The largest absolute Gasteiger partial charge is 0.330 e. The van der Waals surface area contributed by atoms with E-state index in [0.717, 1.165) is 35.2 Å². The number of thiophene rings is 1. The van der Waals surface area contributed by atoms with Gasteiger partial charge >= 0.3 is 0 Å². The minimum atomic E-state index is -3.93. The minimum absolute atomic E-state index is 0.0148. The summed E-state index contributed by atoms with van der Waals surface area (Å²) in [7, 11) is -3.93. The van der Waals surface area contributed by atoms with Crippen LogP contribution in [0.3, 0.4) is 0 Å². The Morgan fingerprint density at radius 3 is 2.48 bits per heavy atom. The molecule has 0 saturated heterocycles. The van der Waals surface area contributed by atoms with Crippen molar-refractivity contribution in [2.45, 2.75) is 37.6 Å². The fourth-order valence-corrected chi connectivity index (χ4v) is 6.61. The third kappa shape index (κ3) is 4.88. The van der Waals surface area contributed by atoms with Crippen molar-refractivity contribution in [3.8, 4) is 0 Å². The minimum Gasteiger partial charge on any atom is -0.330 e. The average molecular weight is 487 g/mol. The van der Waals surface area contributed by atoms with Gasteiger partial charge in [-0.15, -0.1) is 11.3 Å². The quantitative estimate of drug-likeness (QED) is 0.483. The lowest BCUT2D eigenvalue weighted by molar-refractivity contribution is -0.133. The Morgan fingerprint density at radius 1 is 1.12 bits per heavy atom. The Bertz CT molecular complexity index is 1220. The second-order valence-corrected chi connectivity index (χ2v) is 11.2. The van der Waals surface area contributed by atoms with Crippen LogP contribution in [0.15, 0.2) is 64.9 Å². The summed E-state index contributed by atoms with van der Waals surface area (Å²) < 4.78 is 41.0.